The van der Waals surface area contributed by atoms with E-state index >= 15 is 0 Å². The zero-order chi connectivity index (χ0) is 9.14. The van der Waals surface area contributed by atoms with Gasteiger partial charge in [0.05, 0.1) is 0 Å². The first-order valence-corrected chi connectivity index (χ1v) is 3.24. The van der Waals surface area contributed by atoms with Gasteiger partial charge < -0.3 is 10.8 Å². The van der Waals surface area contributed by atoms with Crippen molar-refractivity contribution in [2.45, 2.75) is 0 Å². The summed E-state index contributed by atoms with van der Waals surface area (Å²) in [6, 6.07) is 5.73. The quantitative estimate of drug-likeness (QED) is 0.380. The Morgan fingerprint density at radius 1 is 1.17 bits per heavy atom. The molecule has 0 fully saturated rings. The van der Waals surface area contributed by atoms with Crippen molar-refractivity contribution in [2.75, 3.05) is 5.73 Å². The van der Waals surface area contributed by atoms with Crippen LogP contribution in [0.25, 0.3) is 0 Å². The summed E-state index contributed by atoms with van der Waals surface area (Å²) in [6.07, 6.45) is 0. The number of hydrogen-bond donors (Lipinski definition) is 2. The minimum Gasteiger partial charge on any atom is -0.475 e. The van der Waals surface area contributed by atoms with Gasteiger partial charge in [-0.1, -0.05) is 0 Å². The van der Waals surface area contributed by atoms with Gasteiger partial charge in [-0.15, -0.1) is 0 Å². The molecule has 0 aliphatic rings. The van der Waals surface area contributed by atoms with E-state index in [2.05, 4.69) is 0 Å². The maximum atomic E-state index is 10.8. The third-order valence-electron chi connectivity index (χ3n) is 1.37. The molecular formula is C8H7NO3. The zero-order valence-corrected chi connectivity index (χ0v) is 6.15. The molecule has 4 heteroatoms. The van der Waals surface area contributed by atoms with Crippen LogP contribution < -0.4 is 5.73 Å². The number of ketones is 1. The number of carbonyl (C=O) groups is 2. The summed E-state index contributed by atoms with van der Waals surface area (Å²) < 4.78 is 0. The smallest absolute Gasteiger partial charge is 0.377 e. The molecule has 0 spiro atoms. The largest absolute Gasteiger partial charge is 0.475 e. The Hall–Kier alpha value is -1.84. The van der Waals surface area contributed by atoms with Crippen LogP contribution in [0.4, 0.5) is 5.69 Å². The van der Waals surface area contributed by atoms with Crippen molar-refractivity contribution in [3.63, 3.8) is 0 Å². The van der Waals surface area contributed by atoms with Gasteiger partial charge in [-0.25, -0.2) is 4.79 Å². The van der Waals surface area contributed by atoms with E-state index in [9.17, 15) is 9.59 Å². The van der Waals surface area contributed by atoms with Gasteiger partial charge in [0.1, 0.15) is 0 Å². The molecule has 0 saturated heterocycles. The molecule has 0 heterocycles. The summed E-state index contributed by atoms with van der Waals surface area (Å²) >= 11 is 0. The maximum Gasteiger partial charge on any atom is 0.377 e. The van der Waals surface area contributed by atoms with Crippen molar-refractivity contribution >= 4 is 17.4 Å². The summed E-state index contributed by atoms with van der Waals surface area (Å²) in [6.45, 7) is 0. The molecule has 0 bridgehead atoms. The van der Waals surface area contributed by atoms with Crippen molar-refractivity contribution in [1.82, 2.24) is 0 Å². The predicted octanol–water partition coefficient (Wildman–Crippen LogP) is 0.536. The van der Waals surface area contributed by atoms with Gasteiger partial charge in [0, 0.05) is 11.3 Å². The standard InChI is InChI=1S/C8H7NO3/c9-6-3-1-5(2-4-6)7(10)8(11)12/h1-4H,9H2,(H,11,12). The topological polar surface area (TPSA) is 80.4 Å². The highest BCUT2D eigenvalue weighted by Gasteiger charge is 2.13. The van der Waals surface area contributed by atoms with E-state index < -0.39 is 11.8 Å². The van der Waals surface area contributed by atoms with E-state index in [4.69, 9.17) is 10.8 Å². The molecule has 1 aromatic carbocycles. The fraction of sp³-hybridized carbons (Fsp3) is 0. The van der Waals surface area contributed by atoms with Crippen LogP contribution in [-0.4, -0.2) is 16.9 Å². The van der Waals surface area contributed by atoms with Crippen LogP contribution in [0, 0.1) is 0 Å². The Morgan fingerprint density at radius 2 is 1.67 bits per heavy atom. The van der Waals surface area contributed by atoms with Crippen molar-refractivity contribution in [2.24, 2.45) is 0 Å². The van der Waals surface area contributed by atoms with E-state index in [0.29, 0.717) is 5.69 Å². The van der Waals surface area contributed by atoms with Gasteiger partial charge in [0.2, 0.25) is 0 Å². The molecule has 3 N–H and O–H groups in total. The second-order valence-electron chi connectivity index (χ2n) is 2.26. The van der Waals surface area contributed by atoms with Crippen LogP contribution in [-0.2, 0) is 4.79 Å². The summed E-state index contributed by atoms with van der Waals surface area (Å²) in [4.78, 5) is 21.0. The first-order valence-electron chi connectivity index (χ1n) is 3.24. The first kappa shape index (κ1) is 8.26. The Morgan fingerprint density at radius 3 is 2.08 bits per heavy atom. The number of Topliss-reactive ketones (excluding diaryl/α,β-unsaturated/α-hetero) is 1. The molecule has 0 aliphatic carbocycles. The molecule has 0 aliphatic heterocycles. The Balaban J connectivity index is 2.98. The van der Waals surface area contributed by atoms with Gasteiger partial charge in [-0.2, -0.15) is 0 Å². The van der Waals surface area contributed by atoms with E-state index in [1.54, 1.807) is 0 Å². The second kappa shape index (κ2) is 3.04. The van der Waals surface area contributed by atoms with Gasteiger partial charge in [0.25, 0.3) is 5.78 Å². The Labute approximate surface area is 68.6 Å². The average molecular weight is 165 g/mol. The minimum atomic E-state index is -1.46. The first-order chi connectivity index (χ1) is 5.61. The van der Waals surface area contributed by atoms with Gasteiger partial charge in [-0.05, 0) is 24.3 Å². The molecule has 1 rings (SSSR count). The van der Waals surface area contributed by atoms with Crippen LogP contribution >= 0.6 is 0 Å². The van der Waals surface area contributed by atoms with Crippen molar-refractivity contribution in [3.05, 3.63) is 29.8 Å². The molecule has 1 aromatic rings. The Bertz CT molecular complexity index is 316. The molecular weight excluding hydrogens is 158 g/mol. The molecule has 0 atom stereocenters. The number of hydrogen-bond acceptors (Lipinski definition) is 3. The molecule has 12 heavy (non-hydrogen) atoms. The van der Waals surface area contributed by atoms with Crippen molar-refractivity contribution in [1.29, 1.82) is 0 Å². The lowest BCUT2D eigenvalue weighted by atomic mass is 10.1. The average Bonchev–Trinajstić information content (AvgIpc) is 2.04. The number of anilines is 1. The highest BCUT2D eigenvalue weighted by atomic mass is 16.4. The summed E-state index contributed by atoms with van der Waals surface area (Å²) in [5.41, 5.74) is 5.98. The highest BCUT2D eigenvalue weighted by Crippen LogP contribution is 2.05. The number of carbonyl (C=O) groups excluding carboxylic acids is 1. The molecule has 62 valence electrons. The van der Waals surface area contributed by atoms with Gasteiger partial charge in [0.15, 0.2) is 0 Å². The molecule has 0 unspecified atom stereocenters. The number of carboxylic acid groups (broad SMARTS) is 1. The maximum absolute atomic E-state index is 10.8. The molecule has 0 amide bonds. The summed E-state index contributed by atoms with van der Waals surface area (Å²) in [7, 11) is 0. The lowest BCUT2D eigenvalue weighted by Gasteiger charge is -1.95. The van der Waals surface area contributed by atoms with Crippen LogP contribution in [0.15, 0.2) is 24.3 Å². The predicted molar refractivity (Wildman–Crippen MR) is 42.8 cm³/mol. The van der Waals surface area contributed by atoms with Crippen LogP contribution in [0.5, 0.6) is 0 Å². The van der Waals surface area contributed by atoms with Gasteiger partial charge >= 0.3 is 5.97 Å². The fourth-order valence-corrected chi connectivity index (χ4v) is 0.758. The number of nitrogens with two attached hydrogens (primary N) is 1. The van der Waals surface area contributed by atoms with E-state index in [1.807, 2.05) is 0 Å². The zero-order valence-electron chi connectivity index (χ0n) is 6.15. The van der Waals surface area contributed by atoms with Crippen LogP contribution in [0.3, 0.4) is 0 Å². The SMILES string of the molecule is Nc1ccc(C(=O)C(=O)O)cc1. The Kier molecular flexibility index (Phi) is 2.09. The molecule has 0 saturated carbocycles. The molecule has 0 radical (unpaired) electrons. The minimum absolute atomic E-state index is 0.136. The number of carboxylic acids is 1. The lowest BCUT2D eigenvalue weighted by Crippen LogP contribution is -2.12. The third kappa shape index (κ3) is 1.60. The third-order valence-corrected chi connectivity index (χ3v) is 1.37. The van der Waals surface area contributed by atoms with Crippen molar-refractivity contribution in [3.8, 4) is 0 Å². The monoisotopic (exact) mass is 165 g/mol. The number of rotatable bonds is 2. The summed E-state index contributed by atoms with van der Waals surface area (Å²) in [5, 5.41) is 8.32. The number of benzene rings is 1. The van der Waals surface area contributed by atoms with E-state index in [1.165, 1.54) is 24.3 Å². The second-order valence-corrected chi connectivity index (χ2v) is 2.26. The summed E-state index contributed by atoms with van der Waals surface area (Å²) in [5.74, 6) is -2.38. The van der Waals surface area contributed by atoms with Gasteiger partial charge in [-0.3, -0.25) is 4.79 Å². The van der Waals surface area contributed by atoms with Crippen LogP contribution in [0.2, 0.25) is 0 Å². The normalized spacial score (nSPS) is 9.33. The molecule has 4 nitrogen and oxygen atoms in total. The van der Waals surface area contributed by atoms with Crippen LogP contribution in [0.1, 0.15) is 10.4 Å². The fourth-order valence-electron chi connectivity index (χ4n) is 0.758. The highest BCUT2D eigenvalue weighted by molar-refractivity contribution is 6.39. The molecule has 0 aromatic heterocycles. The number of aliphatic carboxylic acids is 1. The number of nitrogen functional groups attached to an aromatic ring is 1. The van der Waals surface area contributed by atoms with E-state index in [0.717, 1.165) is 0 Å². The lowest BCUT2D eigenvalue weighted by molar-refractivity contribution is -0.131. The van der Waals surface area contributed by atoms with Crippen molar-refractivity contribution < 1.29 is 14.7 Å². The van der Waals surface area contributed by atoms with E-state index in [-0.39, 0.29) is 5.56 Å².